The number of hydrogen-bond donors (Lipinski definition) is 1. The van der Waals surface area contributed by atoms with E-state index in [1.165, 1.54) is 4.90 Å². The maximum absolute atomic E-state index is 13.1. The number of carbonyl (C=O) groups is 3. The highest BCUT2D eigenvalue weighted by Gasteiger charge is 2.39. The molecule has 1 aromatic heterocycles. The molecule has 2 aliphatic rings. The first-order valence-corrected chi connectivity index (χ1v) is 9.73. The van der Waals surface area contributed by atoms with Gasteiger partial charge in [-0.25, -0.2) is 0 Å². The maximum atomic E-state index is 13.1. The molecule has 2 heterocycles. The molecule has 146 valence electrons. The minimum Gasteiger partial charge on any atom is -0.480 e. The number of carboxylic acids is 1. The Morgan fingerprint density at radius 2 is 1.96 bits per heavy atom. The molecule has 0 spiro atoms. The van der Waals surface area contributed by atoms with E-state index in [1.54, 1.807) is 17.3 Å². The van der Waals surface area contributed by atoms with Gasteiger partial charge < -0.3 is 14.9 Å². The summed E-state index contributed by atoms with van der Waals surface area (Å²) in [4.78, 5) is 44.1. The van der Waals surface area contributed by atoms with E-state index in [-0.39, 0.29) is 30.8 Å². The first-order chi connectivity index (χ1) is 13.0. The van der Waals surface area contributed by atoms with Gasteiger partial charge in [-0.05, 0) is 24.5 Å². The summed E-state index contributed by atoms with van der Waals surface area (Å²) in [5.41, 5.74) is 0.921. The van der Waals surface area contributed by atoms with Gasteiger partial charge in [-0.1, -0.05) is 31.7 Å². The Hall–Kier alpha value is -2.44. The number of carbonyl (C=O) groups excluding carboxylic acids is 2. The lowest BCUT2D eigenvalue weighted by Crippen LogP contribution is -2.46. The molecule has 7 heteroatoms. The van der Waals surface area contributed by atoms with Gasteiger partial charge in [0.1, 0.15) is 6.54 Å². The number of amides is 2. The van der Waals surface area contributed by atoms with E-state index in [0.29, 0.717) is 13.1 Å². The van der Waals surface area contributed by atoms with Crippen LogP contribution in [0, 0.1) is 5.92 Å². The number of aliphatic carboxylic acids is 1. The highest BCUT2D eigenvalue weighted by molar-refractivity contribution is 5.90. The second-order valence-corrected chi connectivity index (χ2v) is 7.54. The van der Waals surface area contributed by atoms with Crippen molar-refractivity contribution < 1.29 is 19.5 Å². The summed E-state index contributed by atoms with van der Waals surface area (Å²) in [6, 6.07) is 3.69. The zero-order chi connectivity index (χ0) is 19.2. The number of aromatic nitrogens is 1. The molecule has 1 aliphatic carbocycles. The molecule has 1 N–H and O–H groups in total. The van der Waals surface area contributed by atoms with Crippen molar-refractivity contribution in [1.82, 2.24) is 14.8 Å². The van der Waals surface area contributed by atoms with Crippen LogP contribution in [0.25, 0.3) is 0 Å². The number of pyridine rings is 1. The van der Waals surface area contributed by atoms with Gasteiger partial charge in [0.05, 0.1) is 5.92 Å². The van der Waals surface area contributed by atoms with Crippen molar-refractivity contribution >= 4 is 17.8 Å². The van der Waals surface area contributed by atoms with Crippen LogP contribution in [-0.4, -0.2) is 56.8 Å². The van der Waals surface area contributed by atoms with Gasteiger partial charge in [0.25, 0.3) is 0 Å². The second-order valence-electron chi connectivity index (χ2n) is 7.54. The molecule has 1 aromatic rings. The van der Waals surface area contributed by atoms with Gasteiger partial charge in [-0.15, -0.1) is 0 Å². The molecule has 2 amide bonds. The Labute approximate surface area is 159 Å². The molecule has 0 bridgehead atoms. The van der Waals surface area contributed by atoms with Crippen molar-refractivity contribution in [3.8, 4) is 0 Å². The third-order valence-electron chi connectivity index (χ3n) is 5.51. The molecular formula is C20H27N3O4. The minimum atomic E-state index is -0.996. The van der Waals surface area contributed by atoms with Crippen LogP contribution in [0.15, 0.2) is 24.5 Å². The largest absolute Gasteiger partial charge is 0.480 e. The molecule has 0 aromatic carbocycles. The van der Waals surface area contributed by atoms with Crippen molar-refractivity contribution in [2.75, 3.05) is 13.1 Å². The molecule has 0 radical (unpaired) electrons. The van der Waals surface area contributed by atoms with Crippen molar-refractivity contribution in [3.63, 3.8) is 0 Å². The van der Waals surface area contributed by atoms with Crippen LogP contribution >= 0.6 is 0 Å². The van der Waals surface area contributed by atoms with Crippen LogP contribution < -0.4 is 0 Å². The van der Waals surface area contributed by atoms with E-state index < -0.39 is 11.9 Å². The number of rotatable bonds is 6. The van der Waals surface area contributed by atoms with Crippen molar-refractivity contribution in [3.05, 3.63) is 30.1 Å². The summed E-state index contributed by atoms with van der Waals surface area (Å²) in [5.74, 6) is -1.71. The van der Waals surface area contributed by atoms with E-state index >= 15 is 0 Å². The van der Waals surface area contributed by atoms with Crippen molar-refractivity contribution in [2.24, 2.45) is 5.92 Å². The third kappa shape index (κ3) is 5.05. The number of nitrogens with zero attached hydrogens (tertiary/aromatic N) is 3. The van der Waals surface area contributed by atoms with E-state index in [9.17, 15) is 19.5 Å². The van der Waals surface area contributed by atoms with Crippen molar-refractivity contribution in [2.45, 2.75) is 57.5 Å². The zero-order valence-corrected chi connectivity index (χ0v) is 15.5. The fourth-order valence-electron chi connectivity index (χ4n) is 4.14. The summed E-state index contributed by atoms with van der Waals surface area (Å²) in [5, 5.41) is 9.30. The average molecular weight is 373 g/mol. The topological polar surface area (TPSA) is 90.8 Å². The second kappa shape index (κ2) is 8.97. The van der Waals surface area contributed by atoms with E-state index in [0.717, 1.165) is 44.1 Å². The molecule has 1 saturated heterocycles. The minimum absolute atomic E-state index is 0.0291. The number of hydrogen-bond acceptors (Lipinski definition) is 4. The number of carboxylic acid groups (broad SMARTS) is 1. The summed E-state index contributed by atoms with van der Waals surface area (Å²) in [6.07, 6.45) is 9.54. The quantitative estimate of drug-likeness (QED) is 0.771. The van der Waals surface area contributed by atoms with E-state index in [4.69, 9.17) is 0 Å². The predicted molar refractivity (Wildman–Crippen MR) is 98.6 cm³/mol. The monoisotopic (exact) mass is 373 g/mol. The van der Waals surface area contributed by atoms with Crippen LogP contribution in [0.2, 0.25) is 0 Å². The van der Waals surface area contributed by atoms with Gasteiger partial charge in [0, 0.05) is 37.9 Å². The molecule has 1 aliphatic heterocycles. The van der Waals surface area contributed by atoms with Gasteiger partial charge in [-0.3, -0.25) is 19.4 Å². The molecular weight excluding hydrogens is 346 g/mol. The fraction of sp³-hybridized carbons (Fsp3) is 0.600. The Kier molecular flexibility index (Phi) is 6.42. The van der Waals surface area contributed by atoms with Crippen LogP contribution in [-0.2, 0) is 20.9 Å². The first kappa shape index (κ1) is 19.3. The third-order valence-corrected chi connectivity index (χ3v) is 5.51. The number of likely N-dealkylation sites (tertiary alicyclic amines) is 1. The maximum Gasteiger partial charge on any atom is 0.323 e. The van der Waals surface area contributed by atoms with Gasteiger partial charge in [0.2, 0.25) is 11.8 Å². The summed E-state index contributed by atoms with van der Waals surface area (Å²) in [6.45, 7) is 0.491. The van der Waals surface area contributed by atoms with Crippen LogP contribution in [0.5, 0.6) is 0 Å². The Balaban J connectivity index is 1.68. The molecule has 3 rings (SSSR count). The fourth-order valence-corrected chi connectivity index (χ4v) is 4.14. The lowest BCUT2D eigenvalue weighted by molar-refractivity contribution is -0.148. The van der Waals surface area contributed by atoms with Gasteiger partial charge in [0.15, 0.2) is 0 Å². The van der Waals surface area contributed by atoms with Gasteiger partial charge in [-0.2, -0.15) is 0 Å². The summed E-state index contributed by atoms with van der Waals surface area (Å²) in [7, 11) is 0. The predicted octanol–water partition coefficient (Wildman–Crippen LogP) is 2.07. The van der Waals surface area contributed by atoms with Crippen LogP contribution in [0.1, 0.15) is 50.5 Å². The molecule has 1 atom stereocenters. The normalized spacial score (nSPS) is 21.1. The lowest BCUT2D eigenvalue weighted by Gasteiger charge is -2.32. The molecule has 1 saturated carbocycles. The van der Waals surface area contributed by atoms with Crippen LogP contribution in [0.3, 0.4) is 0 Å². The van der Waals surface area contributed by atoms with E-state index in [2.05, 4.69) is 4.98 Å². The molecule has 2 fully saturated rings. The first-order valence-electron chi connectivity index (χ1n) is 9.73. The van der Waals surface area contributed by atoms with E-state index in [1.807, 2.05) is 12.1 Å². The Bertz CT molecular complexity index is 671. The smallest absolute Gasteiger partial charge is 0.323 e. The molecule has 27 heavy (non-hydrogen) atoms. The lowest BCUT2D eigenvalue weighted by atomic mass is 10.0. The van der Waals surface area contributed by atoms with Crippen LogP contribution in [0.4, 0.5) is 0 Å². The summed E-state index contributed by atoms with van der Waals surface area (Å²) < 4.78 is 0. The summed E-state index contributed by atoms with van der Waals surface area (Å²) >= 11 is 0. The zero-order valence-electron chi connectivity index (χ0n) is 15.5. The Morgan fingerprint density at radius 3 is 2.59 bits per heavy atom. The van der Waals surface area contributed by atoms with Crippen molar-refractivity contribution in [1.29, 1.82) is 0 Å². The SMILES string of the molecule is O=C(O)CN(C(=O)[C@H]1CC(=O)N(Cc2cccnc2)C1)C1CCCCCC1. The highest BCUT2D eigenvalue weighted by Crippen LogP contribution is 2.27. The standard InChI is InChI=1S/C20H27N3O4/c24-18-10-16(13-22(18)12-15-6-5-9-21-11-15)20(27)23(14-19(25)26)17-7-3-1-2-4-8-17/h5-6,9,11,16-17H,1-4,7-8,10,12-14H2,(H,25,26)/t16-/m0/s1. The molecule has 0 unspecified atom stereocenters. The van der Waals surface area contributed by atoms with Gasteiger partial charge >= 0.3 is 5.97 Å². The highest BCUT2D eigenvalue weighted by atomic mass is 16.4. The Morgan fingerprint density at radius 1 is 1.22 bits per heavy atom. The molecule has 7 nitrogen and oxygen atoms in total. The average Bonchev–Trinajstić information content (AvgIpc) is 2.86.